The molecule has 1 aromatic carbocycles. The fraction of sp³-hybridized carbons (Fsp3) is 0.464. The van der Waals surface area contributed by atoms with Crippen LogP contribution in [0.3, 0.4) is 0 Å². The monoisotopic (exact) mass is 579 g/mol. The van der Waals surface area contributed by atoms with Crippen LogP contribution in [-0.4, -0.2) is 92.4 Å². The van der Waals surface area contributed by atoms with Crippen molar-refractivity contribution < 1.29 is 14.8 Å². The minimum Gasteiger partial charge on any atom is -0.409 e. The number of aliphatic imine (C=N–C) groups is 1. The van der Waals surface area contributed by atoms with Crippen molar-refractivity contribution in [1.29, 1.82) is 0 Å². The second kappa shape index (κ2) is 13.5. The molecule has 0 aliphatic carbocycles. The number of amides is 3. The predicted molar refractivity (Wildman–Crippen MR) is 161 cm³/mol. The SMILES string of the molecule is C#CCN(C(=O)NCCCC)N1CC(=O)N2[C@@H](C/C(C)=C/N=CC)/C(=N\O)N(Cc3cccc4sc(N)nc34)C[C@@H]21. The second-order valence-corrected chi connectivity index (χ2v) is 11.0. The maximum absolute atomic E-state index is 13.6. The summed E-state index contributed by atoms with van der Waals surface area (Å²) in [6.45, 7) is 6.88. The van der Waals surface area contributed by atoms with Crippen LogP contribution in [0.15, 0.2) is 40.1 Å². The van der Waals surface area contributed by atoms with Crippen LogP contribution in [-0.2, 0) is 11.3 Å². The Morgan fingerprint density at radius 3 is 2.95 bits per heavy atom. The Morgan fingerprint density at radius 2 is 2.24 bits per heavy atom. The van der Waals surface area contributed by atoms with Crippen LogP contribution in [0.25, 0.3) is 10.2 Å². The number of thiazole rings is 1. The number of oxime groups is 1. The Balaban J connectivity index is 1.73. The van der Waals surface area contributed by atoms with Crippen molar-refractivity contribution in [3.8, 4) is 12.3 Å². The van der Waals surface area contributed by atoms with Gasteiger partial charge in [-0.05, 0) is 38.3 Å². The highest BCUT2D eigenvalue weighted by molar-refractivity contribution is 7.22. The van der Waals surface area contributed by atoms with Gasteiger partial charge in [-0.3, -0.25) is 9.79 Å². The van der Waals surface area contributed by atoms with Gasteiger partial charge in [0.25, 0.3) is 0 Å². The number of nitrogens with two attached hydrogens (primary N) is 1. The predicted octanol–water partition coefficient (Wildman–Crippen LogP) is 3.07. The van der Waals surface area contributed by atoms with Crippen molar-refractivity contribution in [2.75, 3.05) is 31.9 Å². The lowest BCUT2D eigenvalue weighted by Crippen LogP contribution is -2.65. The van der Waals surface area contributed by atoms with Crippen molar-refractivity contribution in [3.63, 3.8) is 0 Å². The number of hydrogen-bond acceptors (Lipinski definition) is 9. The number of carbonyl (C=O) groups is 2. The third-order valence-electron chi connectivity index (χ3n) is 7.13. The van der Waals surface area contributed by atoms with Crippen LogP contribution in [0.4, 0.5) is 9.93 Å². The molecule has 2 atom stereocenters. The van der Waals surface area contributed by atoms with Crippen LogP contribution in [0.2, 0.25) is 0 Å². The maximum Gasteiger partial charge on any atom is 0.332 e. The van der Waals surface area contributed by atoms with E-state index in [0.717, 1.165) is 34.2 Å². The molecule has 0 spiro atoms. The number of fused-ring (bicyclic) bond motifs is 2. The van der Waals surface area contributed by atoms with Crippen LogP contribution >= 0.6 is 11.3 Å². The Bertz CT molecular complexity index is 1400. The number of hydrazine groups is 1. The van der Waals surface area contributed by atoms with Crippen molar-refractivity contribution in [3.05, 3.63) is 35.5 Å². The molecule has 13 heteroatoms. The third-order valence-corrected chi connectivity index (χ3v) is 7.98. The van der Waals surface area contributed by atoms with Gasteiger partial charge in [0.15, 0.2) is 11.0 Å². The van der Waals surface area contributed by atoms with Gasteiger partial charge < -0.3 is 26.1 Å². The smallest absolute Gasteiger partial charge is 0.332 e. The molecule has 4 rings (SSSR count). The van der Waals surface area contributed by atoms with Gasteiger partial charge in [-0.25, -0.2) is 14.8 Å². The van der Waals surface area contributed by atoms with E-state index < -0.39 is 12.2 Å². The molecular weight excluding hydrogens is 542 g/mol. The number of benzene rings is 1. The summed E-state index contributed by atoms with van der Waals surface area (Å²) in [5.74, 6) is 2.72. The normalized spacial score (nSPS) is 20.7. The Morgan fingerprint density at radius 1 is 1.44 bits per heavy atom. The number of piperazine rings is 1. The van der Waals surface area contributed by atoms with Gasteiger partial charge in [0, 0.05) is 25.5 Å². The first-order valence-electron chi connectivity index (χ1n) is 13.6. The first-order chi connectivity index (χ1) is 19.8. The fourth-order valence-electron chi connectivity index (χ4n) is 5.28. The number of urea groups is 1. The van der Waals surface area contributed by atoms with E-state index in [1.54, 1.807) is 22.3 Å². The van der Waals surface area contributed by atoms with E-state index in [-0.39, 0.29) is 31.6 Å². The average molecular weight is 580 g/mol. The number of unbranched alkanes of at least 4 members (excludes halogenated alkanes) is 1. The number of terminal acetylenes is 1. The molecule has 0 unspecified atom stereocenters. The Kier molecular flexibility index (Phi) is 9.80. The maximum atomic E-state index is 13.6. The summed E-state index contributed by atoms with van der Waals surface area (Å²) >= 11 is 1.40. The zero-order valence-corrected chi connectivity index (χ0v) is 24.5. The molecule has 218 valence electrons. The summed E-state index contributed by atoms with van der Waals surface area (Å²) in [7, 11) is 0. The largest absolute Gasteiger partial charge is 0.409 e. The van der Waals surface area contributed by atoms with E-state index in [1.165, 1.54) is 16.3 Å². The summed E-state index contributed by atoms with van der Waals surface area (Å²) in [4.78, 5) is 39.2. The molecule has 4 N–H and O–H groups in total. The van der Waals surface area contributed by atoms with E-state index in [1.807, 2.05) is 43.9 Å². The lowest BCUT2D eigenvalue weighted by Gasteiger charge is -2.47. The number of amidine groups is 1. The van der Waals surface area contributed by atoms with Crippen LogP contribution in [0, 0.1) is 12.3 Å². The van der Waals surface area contributed by atoms with Crippen LogP contribution in [0.1, 0.15) is 45.6 Å². The van der Waals surface area contributed by atoms with Gasteiger partial charge >= 0.3 is 6.03 Å². The molecule has 0 bridgehead atoms. The van der Waals surface area contributed by atoms with E-state index >= 15 is 0 Å². The number of carbonyl (C=O) groups excluding carboxylic acids is 2. The summed E-state index contributed by atoms with van der Waals surface area (Å²) < 4.78 is 0.954. The first kappa shape index (κ1) is 29.8. The molecule has 41 heavy (non-hydrogen) atoms. The van der Waals surface area contributed by atoms with Gasteiger partial charge in [-0.2, -0.15) is 5.01 Å². The van der Waals surface area contributed by atoms with E-state index in [9.17, 15) is 14.8 Å². The standard InChI is InChI=1S/C28H37N9O3S/c1-5-8-12-31-28(39)35(13-6-2)36-18-24(38)37-21(14-19(4)15-30-7-3)26(33-40)34(17-23(36)37)16-20-10-9-11-22-25(20)32-27(29)41-22/h2,7,9-11,15,21,23,40H,5,8,12-14,16-18H2,1,3-4H3,(H2,29,32)(H,31,39)/b19-15+,30-7?,33-26+/t21-,23+/m0/s1. The van der Waals surface area contributed by atoms with E-state index in [4.69, 9.17) is 12.2 Å². The fourth-order valence-corrected chi connectivity index (χ4v) is 6.06. The molecular formula is C28H37N9O3S. The number of nitrogens with one attached hydrogen (secondary N) is 1. The van der Waals surface area contributed by atoms with E-state index in [2.05, 4.69) is 26.4 Å². The quantitative estimate of drug-likeness (QED) is 0.129. The van der Waals surface area contributed by atoms with Crippen LogP contribution < -0.4 is 11.1 Å². The average Bonchev–Trinajstić information content (AvgIpc) is 3.49. The molecule has 12 nitrogen and oxygen atoms in total. The van der Waals surface area contributed by atoms with Crippen molar-refractivity contribution in [1.82, 2.24) is 30.1 Å². The minimum absolute atomic E-state index is 0.00272. The highest BCUT2D eigenvalue weighted by Crippen LogP contribution is 2.33. The van der Waals surface area contributed by atoms with Crippen LogP contribution in [0.5, 0.6) is 0 Å². The zero-order chi connectivity index (χ0) is 29.5. The van der Waals surface area contributed by atoms with Gasteiger partial charge in [-0.1, -0.05) is 53.5 Å². The minimum atomic E-state index is -0.602. The molecule has 3 amide bonds. The molecule has 2 aliphatic heterocycles. The summed E-state index contributed by atoms with van der Waals surface area (Å²) in [5.41, 5.74) is 8.58. The number of anilines is 1. The molecule has 0 saturated carbocycles. The van der Waals surface area contributed by atoms with Gasteiger partial charge in [0.1, 0.15) is 6.17 Å². The van der Waals surface area contributed by atoms with Gasteiger partial charge in [0.2, 0.25) is 5.91 Å². The number of rotatable bonds is 10. The van der Waals surface area contributed by atoms with Crippen molar-refractivity contribution in [2.24, 2.45) is 10.1 Å². The lowest BCUT2D eigenvalue weighted by molar-refractivity contribution is -0.130. The topological polar surface area (TPSA) is 143 Å². The summed E-state index contributed by atoms with van der Waals surface area (Å²) in [6.07, 6.45) is 10.7. The number of nitrogen functional groups attached to an aromatic ring is 1. The third kappa shape index (κ3) is 6.44. The second-order valence-electron chi connectivity index (χ2n) is 9.98. The number of hydrogen-bond donors (Lipinski definition) is 3. The number of aromatic nitrogens is 1. The number of para-hydroxylation sites is 1. The molecule has 0 radical (unpaired) electrons. The summed E-state index contributed by atoms with van der Waals surface area (Å²) in [5, 5.41) is 20.5. The van der Waals surface area contributed by atoms with Gasteiger partial charge in [0.05, 0.1) is 35.9 Å². The highest BCUT2D eigenvalue weighted by Gasteiger charge is 2.51. The molecule has 3 heterocycles. The lowest BCUT2D eigenvalue weighted by atomic mass is 10.0. The Labute approximate surface area is 244 Å². The zero-order valence-electron chi connectivity index (χ0n) is 23.7. The molecule has 2 saturated heterocycles. The highest BCUT2D eigenvalue weighted by atomic mass is 32.1. The van der Waals surface area contributed by atoms with Crippen molar-refractivity contribution in [2.45, 2.75) is 58.8 Å². The molecule has 2 aliphatic rings. The molecule has 2 fully saturated rings. The van der Waals surface area contributed by atoms with Crippen molar-refractivity contribution >= 4 is 50.7 Å². The molecule has 1 aromatic heterocycles. The van der Waals surface area contributed by atoms with Gasteiger partial charge in [-0.15, -0.1) is 6.42 Å². The van der Waals surface area contributed by atoms with E-state index in [0.29, 0.717) is 30.5 Å². The first-order valence-corrected chi connectivity index (χ1v) is 14.4. The summed E-state index contributed by atoms with van der Waals surface area (Å²) in [6, 6.07) is 4.91. The Hall–Kier alpha value is -4.15. The molecule has 2 aromatic rings. The number of nitrogens with zero attached hydrogens (tertiary/aromatic N) is 7.